The highest BCUT2D eigenvalue weighted by molar-refractivity contribution is 7.99. The highest BCUT2D eigenvalue weighted by Crippen LogP contribution is 2.24. The number of carbonyl (C=O) groups excluding carboxylic acids is 2. The number of aromatic nitrogens is 1. The van der Waals surface area contributed by atoms with Gasteiger partial charge in [-0.05, 0) is 31.2 Å². The Bertz CT molecular complexity index is 809. The second-order valence-corrected chi connectivity index (χ2v) is 6.29. The molecule has 1 N–H and O–H groups in total. The van der Waals surface area contributed by atoms with Gasteiger partial charge < -0.3 is 14.7 Å². The zero-order chi connectivity index (χ0) is 17.1. The van der Waals surface area contributed by atoms with Crippen molar-refractivity contribution in [2.75, 3.05) is 16.9 Å². The number of nitrogens with one attached hydrogen (secondary N) is 1. The van der Waals surface area contributed by atoms with Crippen LogP contribution in [0.4, 0.5) is 5.69 Å². The number of benzene rings is 1. The Morgan fingerprint density at radius 1 is 1.42 bits per heavy atom. The molecule has 3 rings (SSSR count). The van der Waals surface area contributed by atoms with Gasteiger partial charge >= 0.3 is 0 Å². The number of carbonyl (C=O) groups is 2. The van der Waals surface area contributed by atoms with Crippen molar-refractivity contribution in [2.24, 2.45) is 0 Å². The van der Waals surface area contributed by atoms with Crippen LogP contribution in [-0.2, 0) is 4.79 Å². The number of amides is 2. The van der Waals surface area contributed by atoms with Gasteiger partial charge in [0.1, 0.15) is 11.8 Å². The molecule has 0 unspecified atom stereocenters. The normalized spacial score (nSPS) is 16.7. The number of rotatable bonds is 3. The van der Waals surface area contributed by atoms with Crippen molar-refractivity contribution in [3.63, 3.8) is 0 Å². The van der Waals surface area contributed by atoms with Crippen LogP contribution in [0.25, 0.3) is 0 Å². The number of thioether (sulfide) groups is 1. The summed E-state index contributed by atoms with van der Waals surface area (Å²) < 4.78 is 4.93. The Labute approximate surface area is 142 Å². The quantitative estimate of drug-likeness (QED) is 0.916. The Kier molecular flexibility index (Phi) is 4.53. The van der Waals surface area contributed by atoms with Crippen LogP contribution in [0.15, 0.2) is 34.9 Å². The van der Waals surface area contributed by atoms with E-state index in [9.17, 15) is 9.59 Å². The van der Waals surface area contributed by atoms with Crippen LogP contribution in [0, 0.1) is 18.3 Å². The molecule has 2 amide bonds. The topological polar surface area (TPSA) is 99.2 Å². The summed E-state index contributed by atoms with van der Waals surface area (Å²) in [5.74, 6) is 0.903. The molecule has 2 aromatic rings. The second kappa shape index (κ2) is 6.76. The maximum atomic E-state index is 12.5. The molecule has 1 atom stereocenters. The number of hydrogen-bond acceptors (Lipinski definition) is 6. The molecule has 1 aromatic carbocycles. The van der Waals surface area contributed by atoms with E-state index >= 15 is 0 Å². The zero-order valence-electron chi connectivity index (χ0n) is 12.9. The van der Waals surface area contributed by atoms with Crippen molar-refractivity contribution in [1.82, 2.24) is 10.1 Å². The lowest BCUT2D eigenvalue weighted by Crippen LogP contribution is -2.44. The van der Waals surface area contributed by atoms with Crippen LogP contribution < -0.4 is 5.32 Å². The Morgan fingerprint density at radius 2 is 2.17 bits per heavy atom. The summed E-state index contributed by atoms with van der Waals surface area (Å²) in [6, 6.07) is 9.57. The average Bonchev–Trinajstić information content (AvgIpc) is 3.24. The lowest BCUT2D eigenvalue weighted by molar-refractivity contribution is -0.119. The monoisotopic (exact) mass is 342 g/mol. The summed E-state index contributed by atoms with van der Waals surface area (Å²) >= 11 is 1.51. The molecule has 122 valence electrons. The maximum absolute atomic E-state index is 12.5. The van der Waals surface area contributed by atoms with Gasteiger partial charge in [-0.25, -0.2) is 0 Å². The highest BCUT2D eigenvalue weighted by Gasteiger charge is 2.36. The minimum Gasteiger partial charge on any atom is -0.361 e. The predicted molar refractivity (Wildman–Crippen MR) is 88.3 cm³/mol. The van der Waals surface area contributed by atoms with Gasteiger partial charge in [-0.2, -0.15) is 5.26 Å². The molecule has 1 aliphatic rings. The number of nitriles is 1. The van der Waals surface area contributed by atoms with Gasteiger partial charge in [-0.3, -0.25) is 9.59 Å². The van der Waals surface area contributed by atoms with E-state index in [0.29, 0.717) is 28.6 Å². The summed E-state index contributed by atoms with van der Waals surface area (Å²) in [4.78, 5) is 26.5. The lowest BCUT2D eigenvalue weighted by Gasteiger charge is -2.22. The van der Waals surface area contributed by atoms with Gasteiger partial charge in [0.05, 0.1) is 17.5 Å². The zero-order valence-corrected chi connectivity index (χ0v) is 13.7. The van der Waals surface area contributed by atoms with Crippen LogP contribution in [0.2, 0.25) is 0 Å². The fourth-order valence-electron chi connectivity index (χ4n) is 2.33. The van der Waals surface area contributed by atoms with E-state index in [2.05, 4.69) is 10.5 Å². The smallest absolute Gasteiger partial charge is 0.277 e. The molecule has 1 fully saturated rings. The number of anilines is 1. The van der Waals surface area contributed by atoms with Crippen molar-refractivity contribution < 1.29 is 14.1 Å². The fraction of sp³-hybridized carbons (Fsp3) is 0.250. The highest BCUT2D eigenvalue weighted by atomic mass is 32.2. The molecule has 0 radical (unpaired) electrons. The number of hydrogen-bond donors (Lipinski definition) is 1. The number of aryl methyl sites for hydroxylation is 1. The Morgan fingerprint density at radius 3 is 2.79 bits per heavy atom. The van der Waals surface area contributed by atoms with Crippen molar-refractivity contribution in [1.29, 1.82) is 5.26 Å². The minimum absolute atomic E-state index is 0.200. The van der Waals surface area contributed by atoms with Crippen molar-refractivity contribution in [3.8, 4) is 6.07 Å². The summed E-state index contributed by atoms with van der Waals surface area (Å²) in [7, 11) is 0. The molecular formula is C16H14N4O3S. The third-order valence-electron chi connectivity index (χ3n) is 3.57. The van der Waals surface area contributed by atoms with Crippen molar-refractivity contribution in [2.45, 2.75) is 13.0 Å². The second-order valence-electron chi connectivity index (χ2n) is 5.29. The first-order valence-electron chi connectivity index (χ1n) is 7.21. The minimum atomic E-state index is -0.574. The van der Waals surface area contributed by atoms with Gasteiger partial charge in [-0.1, -0.05) is 5.16 Å². The van der Waals surface area contributed by atoms with Gasteiger partial charge in [0, 0.05) is 17.5 Å². The molecule has 24 heavy (non-hydrogen) atoms. The molecule has 1 aromatic heterocycles. The van der Waals surface area contributed by atoms with E-state index in [0.717, 1.165) is 0 Å². The number of nitrogens with zero attached hydrogens (tertiary/aromatic N) is 3. The van der Waals surface area contributed by atoms with E-state index in [-0.39, 0.29) is 17.5 Å². The molecule has 7 nitrogen and oxygen atoms in total. The molecule has 0 bridgehead atoms. The first-order chi connectivity index (χ1) is 11.6. The van der Waals surface area contributed by atoms with Gasteiger partial charge in [0.15, 0.2) is 5.69 Å². The molecule has 1 aliphatic heterocycles. The van der Waals surface area contributed by atoms with Crippen molar-refractivity contribution >= 4 is 29.3 Å². The largest absolute Gasteiger partial charge is 0.361 e. The van der Waals surface area contributed by atoms with Crippen LogP contribution in [-0.4, -0.2) is 39.5 Å². The standard InChI is InChI=1S/C16H14N4O3S/c1-10-6-13(19-23-10)16(22)20-9-24-8-14(20)15(21)18-12-4-2-11(7-17)3-5-12/h2-6,14H,8-9H2,1H3,(H,18,21)/t14-/m1/s1. The van der Waals surface area contributed by atoms with Gasteiger partial charge in [0.2, 0.25) is 5.91 Å². The average molecular weight is 342 g/mol. The van der Waals surface area contributed by atoms with Crippen LogP contribution in [0.1, 0.15) is 21.8 Å². The van der Waals surface area contributed by atoms with E-state index < -0.39 is 6.04 Å². The van der Waals surface area contributed by atoms with Crippen LogP contribution >= 0.6 is 11.8 Å². The summed E-state index contributed by atoms with van der Waals surface area (Å²) in [5.41, 5.74) is 1.30. The third-order valence-corrected chi connectivity index (χ3v) is 4.59. The molecule has 2 heterocycles. The first-order valence-corrected chi connectivity index (χ1v) is 8.37. The summed E-state index contributed by atoms with van der Waals surface area (Å²) in [5, 5.41) is 15.3. The third kappa shape index (κ3) is 3.26. The molecule has 1 saturated heterocycles. The van der Waals surface area contributed by atoms with Gasteiger partial charge in [-0.15, -0.1) is 11.8 Å². The first kappa shape index (κ1) is 16.1. The maximum Gasteiger partial charge on any atom is 0.277 e. The van der Waals surface area contributed by atoms with Gasteiger partial charge in [0.25, 0.3) is 5.91 Å². The molecule has 0 spiro atoms. The van der Waals surface area contributed by atoms with E-state index in [1.165, 1.54) is 16.7 Å². The van der Waals surface area contributed by atoms with Crippen LogP contribution in [0.5, 0.6) is 0 Å². The fourth-order valence-corrected chi connectivity index (χ4v) is 3.48. The molecular weight excluding hydrogens is 328 g/mol. The van der Waals surface area contributed by atoms with E-state index in [1.807, 2.05) is 6.07 Å². The molecule has 8 heteroatoms. The predicted octanol–water partition coefficient (Wildman–Crippen LogP) is 2.01. The van der Waals surface area contributed by atoms with E-state index in [4.69, 9.17) is 9.78 Å². The Balaban J connectivity index is 1.71. The van der Waals surface area contributed by atoms with Crippen LogP contribution in [0.3, 0.4) is 0 Å². The van der Waals surface area contributed by atoms with E-state index in [1.54, 1.807) is 37.3 Å². The van der Waals surface area contributed by atoms with Crippen molar-refractivity contribution in [3.05, 3.63) is 47.3 Å². The molecule has 0 saturated carbocycles. The lowest BCUT2D eigenvalue weighted by atomic mass is 10.2. The summed E-state index contributed by atoms with van der Waals surface area (Å²) in [6.45, 7) is 1.71. The SMILES string of the molecule is Cc1cc(C(=O)N2CSC[C@@H]2C(=O)Nc2ccc(C#N)cc2)no1. The Hall–Kier alpha value is -2.79. The molecule has 0 aliphatic carbocycles. The summed E-state index contributed by atoms with van der Waals surface area (Å²) in [6.07, 6.45) is 0.